The molecule has 21 heavy (non-hydrogen) atoms. The number of rotatable bonds is 3. The molecule has 0 aromatic rings. The number of nitrogens with one attached hydrogen (secondary N) is 1. The first-order valence-corrected chi connectivity index (χ1v) is 8.55. The highest BCUT2D eigenvalue weighted by atomic mass is 16.3. The van der Waals surface area contributed by atoms with Gasteiger partial charge in [0.25, 0.3) is 0 Å². The first-order chi connectivity index (χ1) is 9.80. The van der Waals surface area contributed by atoms with Crippen LogP contribution in [0.15, 0.2) is 0 Å². The molecule has 2 fully saturated rings. The Labute approximate surface area is 129 Å². The van der Waals surface area contributed by atoms with Crippen molar-refractivity contribution in [3.8, 4) is 0 Å². The third-order valence-corrected chi connectivity index (χ3v) is 4.93. The molecule has 2 rings (SSSR count). The Morgan fingerprint density at radius 3 is 2.29 bits per heavy atom. The van der Waals surface area contributed by atoms with Crippen LogP contribution in [0.3, 0.4) is 0 Å². The van der Waals surface area contributed by atoms with E-state index in [4.69, 9.17) is 0 Å². The van der Waals surface area contributed by atoms with Gasteiger partial charge in [-0.15, -0.1) is 0 Å². The van der Waals surface area contributed by atoms with Crippen molar-refractivity contribution >= 4 is 5.91 Å². The fourth-order valence-corrected chi connectivity index (χ4v) is 3.48. The van der Waals surface area contributed by atoms with Gasteiger partial charge in [0.05, 0.1) is 5.60 Å². The summed E-state index contributed by atoms with van der Waals surface area (Å²) in [6, 6.07) is 0.444. The van der Waals surface area contributed by atoms with Gasteiger partial charge in [0.1, 0.15) is 0 Å². The maximum Gasteiger partial charge on any atom is 0.227 e. The summed E-state index contributed by atoms with van der Waals surface area (Å²) in [4.78, 5) is 14.2. The van der Waals surface area contributed by atoms with Gasteiger partial charge in [-0.25, -0.2) is 0 Å². The normalized spacial score (nSPS) is 24.1. The molecule has 2 N–H and O–H groups in total. The molecule has 1 aliphatic heterocycles. The summed E-state index contributed by atoms with van der Waals surface area (Å²) in [6.45, 7) is 8.35. The van der Waals surface area contributed by atoms with Gasteiger partial charge in [-0.1, -0.05) is 40.0 Å². The SMILES string of the molecule is CC(C)(C)C(=O)N1CCC(NCC2(O)CCCCC2)CC1. The number of amides is 1. The van der Waals surface area contributed by atoms with Crippen molar-refractivity contribution in [2.75, 3.05) is 19.6 Å². The maximum atomic E-state index is 12.2. The summed E-state index contributed by atoms with van der Waals surface area (Å²) < 4.78 is 0. The van der Waals surface area contributed by atoms with Crippen LogP contribution >= 0.6 is 0 Å². The number of carbonyl (C=O) groups excluding carboxylic acids is 1. The molecule has 0 aromatic carbocycles. The second-order valence-corrected chi connectivity index (χ2v) is 7.98. The molecule has 2 aliphatic rings. The zero-order valence-electron chi connectivity index (χ0n) is 14.0. The lowest BCUT2D eigenvalue weighted by Gasteiger charge is -2.38. The standard InChI is InChI=1S/C17H32N2O2/c1-16(2,3)15(20)19-11-7-14(8-12-19)18-13-17(21)9-5-4-6-10-17/h14,18,21H,4-13H2,1-3H3. The quantitative estimate of drug-likeness (QED) is 0.840. The highest BCUT2D eigenvalue weighted by Gasteiger charge is 2.32. The summed E-state index contributed by atoms with van der Waals surface area (Å²) >= 11 is 0. The van der Waals surface area contributed by atoms with E-state index in [9.17, 15) is 9.90 Å². The number of carbonyl (C=O) groups is 1. The Kier molecular flexibility index (Phi) is 5.31. The number of piperidine rings is 1. The fourth-order valence-electron chi connectivity index (χ4n) is 3.48. The maximum absolute atomic E-state index is 12.2. The average molecular weight is 296 g/mol. The van der Waals surface area contributed by atoms with Crippen LogP contribution in [0.2, 0.25) is 0 Å². The largest absolute Gasteiger partial charge is 0.389 e. The fraction of sp³-hybridized carbons (Fsp3) is 0.941. The summed E-state index contributed by atoms with van der Waals surface area (Å²) in [5, 5.41) is 14.1. The van der Waals surface area contributed by atoms with Crippen molar-refractivity contribution in [2.24, 2.45) is 5.41 Å². The van der Waals surface area contributed by atoms with E-state index in [1.807, 2.05) is 25.7 Å². The van der Waals surface area contributed by atoms with Gasteiger partial charge in [-0.3, -0.25) is 4.79 Å². The van der Waals surface area contributed by atoms with Crippen LogP contribution in [0.25, 0.3) is 0 Å². The van der Waals surface area contributed by atoms with Gasteiger partial charge < -0.3 is 15.3 Å². The summed E-state index contributed by atoms with van der Waals surface area (Å²) in [5.41, 5.74) is -0.770. The molecule has 4 heteroatoms. The van der Waals surface area contributed by atoms with E-state index in [1.54, 1.807) is 0 Å². The zero-order valence-corrected chi connectivity index (χ0v) is 14.0. The van der Waals surface area contributed by atoms with Crippen LogP contribution < -0.4 is 5.32 Å². The summed E-state index contributed by atoms with van der Waals surface area (Å²) in [5.74, 6) is 0.256. The third-order valence-electron chi connectivity index (χ3n) is 4.93. The first kappa shape index (κ1) is 16.8. The van der Waals surface area contributed by atoms with Crippen molar-refractivity contribution < 1.29 is 9.90 Å². The molecular weight excluding hydrogens is 264 g/mol. The molecule has 122 valence electrons. The molecule has 1 saturated carbocycles. The van der Waals surface area contributed by atoms with Crippen LogP contribution in [0.4, 0.5) is 0 Å². The Hall–Kier alpha value is -0.610. The monoisotopic (exact) mass is 296 g/mol. The van der Waals surface area contributed by atoms with Crippen LogP contribution in [0.1, 0.15) is 65.7 Å². The van der Waals surface area contributed by atoms with Gasteiger partial charge in [0, 0.05) is 31.1 Å². The lowest BCUT2D eigenvalue weighted by Crippen LogP contribution is -2.51. The Bertz CT molecular complexity index is 348. The highest BCUT2D eigenvalue weighted by molar-refractivity contribution is 5.81. The topological polar surface area (TPSA) is 52.6 Å². The molecule has 0 unspecified atom stereocenters. The first-order valence-electron chi connectivity index (χ1n) is 8.55. The van der Waals surface area contributed by atoms with E-state index in [0.29, 0.717) is 12.6 Å². The Balaban J connectivity index is 1.73. The Morgan fingerprint density at radius 1 is 1.19 bits per heavy atom. The zero-order chi connectivity index (χ0) is 15.5. The van der Waals surface area contributed by atoms with Crippen molar-refractivity contribution in [2.45, 2.75) is 77.4 Å². The lowest BCUT2D eigenvalue weighted by molar-refractivity contribution is -0.140. The predicted molar refractivity (Wildman–Crippen MR) is 85.1 cm³/mol. The lowest BCUT2D eigenvalue weighted by atomic mass is 9.84. The number of hydrogen-bond acceptors (Lipinski definition) is 3. The average Bonchev–Trinajstić information content (AvgIpc) is 2.45. The summed E-state index contributed by atoms with van der Waals surface area (Å²) in [6.07, 6.45) is 7.42. The molecule has 0 radical (unpaired) electrons. The van der Waals surface area contributed by atoms with Crippen LogP contribution in [-0.2, 0) is 4.79 Å². The van der Waals surface area contributed by atoms with Crippen LogP contribution in [0, 0.1) is 5.41 Å². The highest BCUT2D eigenvalue weighted by Crippen LogP contribution is 2.28. The van der Waals surface area contributed by atoms with E-state index >= 15 is 0 Å². The van der Waals surface area contributed by atoms with E-state index in [-0.39, 0.29) is 11.3 Å². The molecule has 0 bridgehead atoms. The van der Waals surface area contributed by atoms with Gasteiger partial charge in [-0.05, 0) is 25.7 Å². The van der Waals surface area contributed by atoms with Crippen molar-refractivity contribution in [1.29, 1.82) is 0 Å². The molecule has 0 spiro atoms. The van der Waals surface area contributed by atoms with E-state index in [2.05, 4.69) is 5.32 Å². The number of likely N-dealkylation sites (tertiary alicyclic amines) is 1. The molecule has 1 saturated heterocycles. The van der Waals surface area contributed by atoms with Crippen LogP contribution in [-0.4, -0.2) is 47.2 Å². The molecule has 1 heterocycles. The van der Waals surface area contributed by atoms with E-state index in [1.165, 1.54) is 6.42 Å². The van der Waals surface area contributed by atoms with Gasteiger partial charge in [0.15, 0.2) is 0 Å². The van der Waals surface area contributed by atoms with Crippen molar-refractivity contribution in [3.05, 3.63) is 0 Å². The van der Waals surface area contributed by atoms with E-state index in [0.717, 1.165) is 51.6 Å². The van der Waals surface area contributed by atoms with Crippen molar-refractivity contribution in [3.63, 3.8) is 0 Å². The van der Waals surface area contributed by atoms with Gasteiger partial charge in [0.2, 0.25) is 5.91 Å². The molecule has 1 amide bonds. The summed E-state index contributed by atoms with van der Waals surface area (Å²) in [7, 11) is 0. The van der Waals surface area contributed by atoms with Gasteiger partial charge >= 0.3 is 0 Å². The third kappa shape index (κ3) is 4.68. The minimum Gasteiger partial charge on any atom is -0.389 e. The van der Waals surface area contributed by atoms with Crippen molar-refractivity contribution in [1.82, 2.24) is 10.2 Å². The van der Waals surface area contributed by atoms with Gasteiger partial charge in [-0.2, -0.15) is 0 Å². The minimum absolute atomic E-state index is 0.256. The molecule has 0 aromatic heterocycles. The predicted octanol–water partition coefficient (Wildman–Crippen LogP) is 2.31. The molecular formula is C17H32N2O2. The molecule has 4 nitrogen and oxygen atoms in total. The second-order valence-electron chi connectivity index (χ2n) is 7.98. The number of hydrogen-bond donors (Lipinski definition) is 2. The smallest absolute Gasteiger partial charge is 0.227 e. The number of aliphatic hydroxyl groups is 1. The number of nitrogens with zero attached hydrogens (tertiary/aromatic N) is 1. The second kappa shape index (κ2) is 6.66. The minimum atomic E-state index is -0.489. The Morgan fingerprint density at radius 2 is 1.76 bits per heavy atom. The van der Waals surface area contributed by atoms with E-state index < -0.39 is 5.60 Å². The molecule has 0 atom stereocenters. The molecule has 1 aliphatic carbocycles. The van der Waals surface area contributed by atoms with Crippen LogP contribution in [0.5, 0.6) is 0 Å².